The van der Waals surface area contributed by atoms with Crippen molar-refractivity contribution in [1.29, 1.82) is 0 Å². The van der Waals surface area contributed by atoms with Gasteiger partial charge >= 0.3 is 0 Å². The summed E-state index contributed by atoms with van der Waals surface area (Å²) in [6.45, 7) is 2.55. The van der Waals surface area contributed by atoms with E-state index >= 15 is 0 Å². The number of carbonyl (C=O) groups is 1. The van der Waals surface area contributed by atoms with Crippen LogP contribution in [0.15, 0.2) is 60.0 Å². The Morgan fingerprint density at radius 1 is 1.24 bits per heavy atom. The lowest BCUT2D eigenvalue weighted by molar-refractivity contribution is -0.118. The molecule has 1 amide bonds. The number of nitrogens with one attached hydrogen (secondary N) is 1. The van der Waals surface area contributed by atoms with Crippen molar-refractivity contribution in [1.82, 2.24) is 20.1 Å². The highest BCUT2D eigenvalue weighted by Crippen LogP contribution is 2.21. The summed E-state index contributed by atoms with van der Waals surface area (Å²) in [5, 5.41) is 12.2. The SMILES string of the molecule is Cc1ccc(CNC(=O)CSc2nncn2-c2cccc(Cl)c2)cc1. The van der Waals surface area contributed by atoms with Gasteiger partial charge in [0.15, 0.2) is 5.16 Å². The Labute approximate surface area is 155 Å². The number of nitrogens with zero attached hydrogens (tertiary/aromatic N) is 3. The van der Waals surface area contributed by atoms with Crippen LogP contribution in [-0.4, -0.2) is 26.4 Å². The quantitative estimate of drug-likeness (QED) is 0.671. The minimum Gasteiger partial charge on any atom is -0.351 e. The van der Waals surface area contributed by atoms with Gasteiger partial charge in [-0.05, 0) is 30.7 Å². The highest BCUT2D eigenvalue weighted by Gasteiger charge is 2.10. The predicted molar refractivity (Wildman–Crippen MR) is 100 cm³/mol. The summed E-state index contributed by atoms with van der Waals surface area (Å²) in [7, 11) is 0. The minimum atomic E-state index is -0.0498. The molecule has 0 bridgehead atoms. The van der Waals surface area contributed by atoms with Gasteiger partial charge in [-0.2, -0.15) is 0 Å². The van der Waals surface area contributed by atoms with Crippen molar-refractivity contribution in [2.75, 3.05) is 5.75 Å². The van der Waals surface area contributed by atoms with Gasteiger partial charge < -0.3 is 5.32 Å². The Kier molecular flexibility index (Phi) is 5.73. The number of rotatable bonds is 6. The molecular formula is C18H17ClN4OS. The standard InChI is InChI=1S/C18H17ClN4OS/c1-13-5-7-14(8-6-13)10-20-17(24)11-25-18-22-21-12-23(18)16-4-2-3-15(19)9-16/h2-9,12H,10-11H2,1H3,(H,20,24). The Hall–Kier alpha value is -2.31. The molecule has 0 radical (unpaired) electrons. The van der Waals surface area contributed by atoms with E-state index in [4.69, 9.17) is 11.6 Å². The van der Waals surface area contributed by atoms with Crippen molar-refractivity contribution in [3.8, 4) is 5.69 Å². The first-order valence-electron chi connectivity index (χ1n) is 7.73. The van der Waals surface area contributed by atoms with Gasteiger partial charge in [-0.15, -0.1) is 10.2 Å². The normalized spacial score (nSPS) is 10.6. The van der Waals surface area contributed by atoms with E-state index in [2.05, 4.69) is 15.5 Å². The monoisotopic (exact) mass is 372 g/mol. The molecule has 1 N–H and O–H groups in total. The number of hydrogen-bond acceptors (Lipinski definition) is 4. The first-order chi connectivity index (χ1) is 12.1. The summed E-state index contributed by atoms with van der Waals surface area (Å²) in [6.07, 6.45) is 1.61. The minimum absolute atomic E-state index is 0.0498. The molecular weight excluding hydrogens is 356 g/mol. The third-order valence-electron chi connectivity index (χ3n) is 3.55. The van der Waals surface area contributed by atoms with Crippen molar-refractivity contribution < 1.29 is 4.79 Å². The second-order valence-electron chi connectivity index (χ2n) is 5.51. The highest BCUT2D eigenvalue weighted by molar-refractivity contribution is 7.99. The van der Waals surface area contributed by atoms with Crippen molar-refractivity contribution >= 4 is 29.3 Å². The average molecular weight is 373 g/mol. The van der Waals surface area contributed by atoms with Crippen LogP contribution in [0.4, 0.5) is 0 Å². The number of amides is 1. The molecule has 0 fully saturated rings. The van der Waals surface area contributed by atoms with Crippen molar-refractivity contribution in [2.45, 2.75) is 18.6 Å². The molecule has 1 heterocycles. The molecule has 7 heteroatoms. The maximum Gasteiger partial charge on any atom is 0.230 e. The molecule has 0 aliphatic carbocycles. The first-order valence-corrected chi connectivity index (χ1v) is 9.09. The number of hydrogen-bond donors (Lipinski definition) is 1. The number of carbonyl (C=O) groups excluding carboxylic acids is 1. The molecule has 128 valence electrons. The predicted octanol–water partition coefficient (Wildman–Crippen LogP) is 3.64. The molecule has 0 aliphatic rings. The van der Waals surface area contributed by atoms with Gasteiger partial charge in [0.2, 0.25) is 5.91 Å². The second-order valence-corrected chi connectivity index (χ2v) is 6.89. The van der Waals surface area contributed by atoms with Crippen LogP contribution in [0.3, 0.4) is 0 Å². The van der Waals surface area contributed by atoms with Gasteiger partial charge in [-0.25, -0.2) is 0 Å². The van der Waals surface area contributed by atoms with Crippen LogP contribution in [0.2, 0.25) is 5.02 Å². The fraction of sp³-hybridized carbons (Fsp3) is 0.167. The molecule has 3 aromatic rings. The number of halogens is 1. The van der Waals surface area contributed by atoms with Crippen LogP contribution >= 0.6 is 23.4 Å². The first kappa shape index (κ1) is 17.5. The van der Waals surface area contributed by atoms with Crippen LogP contribution in [0.1, 0.15) is 11.1 Å². The maximum absolute atomic E-state index is 12.1. The summed E-state index contributed by atoms with van der Waals surface area (Å²) < 4.78 is 1.81. The number of benzene rings is 2. The fourth-order valence-electron chi connectivity index (χ4n) is 2.21. The summed E-state index contributed by atoms with van der Waals surface area (Å²) in [6, 6.07) is 15.5. The maximum atomic E-state index is 12.1. The van der Waals surface area contributed by atoms with Crippen molar-refractivity contribution in [2.24, 2.45) is 0 Å². The van der Waals surface area contributed by atoms with Gasteiger partial charge in [0.1, 0.15) is 6.33 Å². The third kappa shape index (κ3) is 4.84. The molecule has 0 atom stereocenters. The van der Waals surface area contributed by atoms with E-state index in [9.17, 15) is 4.79 Å². The molecule has 2 aromatic carbocycles. The number of thioether (sulfide) groups is 1. The van der Waals surface area contributed by atoms with E-state index in [-0.39, 0.29) is 11.7 Å². The van der Waals surface area contributed by atoms with E-state index in [1.165, 1.54) is 17.3 Å². The van der Waals surface area contributed by atoms with E-state index in [0.717, 1.165) is 11.3 Å². The van der Waals surface area contributed by atoms with E-state index in [1.54, 1.807) is 12.4 Å². The molecule has 5 nitrogen and oxygen atoms in total. The van der Waals surface area contributed by atoms with Crippen molar-refractivity contribution in [3.63, 3.8) is 0 Å². The third-order valence-corrected chi connectivity index (χ3v) is 4.72. The largest absolute Gasteiger partial charge is 0.351 e. The lowest BCUT2D eigenvalue weighted by Gasteiger charge is -2.07. The van der Waals surface area contributed by atoms with Gasteiger partial charge in [-0.1, -0.05) is 59.3 Å². The molecule has 3 rings (SSSR count). The molecule has 1 aromatic heterocycles. The molecule has 0 aliphatic heterocycles. The van der Waals surface area contributed by atoms with Crippen LogP contribution in [0.5, 0.6) is 0 Å². The van der Waals surface area contributed by atoms with E-state index in [0.29, 0.717) is 16.7 Å². The number of aromatic nitrogens is 3. The van der Waals surface area contributed by atoms with Crippen molar-refractivity contribution in [3.05, 3.63) is 71.0 Å². The topological polar surface area (TPSA) is 59.8 Å². The summed E-state index contributed by atoms with van der Waals surface area (Å²) >= 11 is 7.36. The van der Waals surface area contributed by atoms with Crippen LogP contribution in [0, 0.1) is 6.92 Å². The van der Waals surface area contributed by atoms with Crippen LogP contribution in [-0.2, 0) is 11.3 Å². The fourth-order valence-corrected chi connectivity index (χ4v) is 3.16. The van der Waals surface area contributed by atoms with Gasteiger partial charge in [0.25, 0.3) is 0 Å². The zero-order valence-corrected chi connectivity index (χ0v) is 15.2. The zero-order chi connectivity index (χ0) is 17.6. The Morgan fingerprint density at radius 2 is 2.04 bits per heavy atom. The zero-order valence-electron chi connectivity index (χ0n) is 13.6. The Morgan fingerprint density at radius 3 is 2.80 bits per heavy atom. The Bertz CT molecular complexity index is 864. The summed E-state index contributed by atoms with van der Waals surface area (Å²) in [5.41, 5.74) is 3.14. The highest BCUT2D eigenvalue weighted by atomic mass is 35.5. The van der Waals surface area contributed by atoms with Gasteiger partial charge in [0.05, 0.1) is 11.4 Å². The Balaban J connectivity index is 1.56. The van der Waals surface area contributed by atoms with E-state index < -0.39 is 0 Å². The summed E-state index contributed by atoms with van der Waals surface area (Å²) in [5.74, 6) is 0.219. The smallest absolute Gasteiger partial charge is 0.230 e. The molecule has 0 saturated carbocycles. The van der Waals surface area contributed by atoms with Gasteiger partial charge in [-0.3, -0.25) is 9.36 Å². The second kappa shape index (κ2) is 8.18. The average Bonchev–Trinajstić information content (AvgIpc) is 3.08. The van der Waals surface area contributed by atoms with E-state index in [1.807, 2.05) is 54.0 Å². The number of aryl methyl sites for hydroxylation is 1. The van der Waals surface area contributed by atoms with Crippen LogP contribution < -0.4 is 5.32 Å². The van der Waals surface area contributed by atoms with Gasteiger partial charge in [0, 0.05) is 11.6 Å². The molecule has 0 spiro atoms. The molecule has 0 saturated heterocycles. The lowest BCUT2D eigenvalue weighted by atomic mass is 10.1. The van der Waals surface area contributed by atoms with Crippen LogP contribution in [0.25, 0.3) is 5.69 Å². The lowest BCUT2D eigenvalue weighted by Crippen LogP contribution is -2.24. The summed E-state index contributed by atoms with van der Waals surface area (Å²) in [4.78, 5) is 12.1. The molecule has 0 unspecified atom stereocenters. The molecule has 25 heavy (non-hydrogen) atoms.